The predicted octanol–water partition coefficient (Wildman–Crippen LogP) is 2.41. The van der Waals surface area contributed by atoms with Gasteiger partial charge in [0.15, 0.2) is 11.6 Å². The number of benzene rings is 1. The van der Waals surface area contributed by atoms with Crippen molar-refractivity contribution in [3.8, 4) is 0 Å². The molecule has 0 aliphatic carbocycles. The maximum atomic E-state index is 13.4. The van der Waals surface area contributed by atoms with Crippen LogP contribution >= 0.6 is 0 Å². The lowest BCUT2D eigenvalue weighted by molar-refractivity contribution is 0.133. The highest BCUT2D eigenvalue weighted by Crippen LogP contribution is 2.24. The maximum Gasteiger partial charge on any atom is 0.161 e. The van der Waals surface area contributed by atoms with Gasteiger partial charge in [0.2, 0.25) is 0 Å². The zero-order chi connectivity index (χ0) is 14.7. The van der Waals surface area contributed by atoms with Crippen LogP contribution in [0.2, 0.25) is 0 Å². The van der Waals surface area contributed by atoms with Gasteiger partial charge in [-0.05, 0) is 0 Å². The van der Waals surface area contributed by atoms with Crippen LogP contribution in [0.3, 0.4) is 0 Å². The Labute approximate surface area is 116 Å². The summed E-state index contributed by atoms with van der Waals surface area (Å²) in [5.41, 5.74) is 6.41. The van der Waals surface area contributed by atoms with Gasteiger partial charge in [0.05, 0.1) is 24.2 Å². The minimum absolute atomic E-state index is 0.156. The van der Waals surface area contributed by atoms with Crippen molar-refractivity contribution in [3.05, 3.63) is 29.6 Å². The summed E-state index contributed by atoms with van der Waals surface area (Å²) in [6, 6.07) is 2.32. The van der Waals surface area contributed by atoms with Crippen LogP contribution in [-0.4, -0.2) is 29.3 Å². The van der Waals surface area contributed by atoms with Crippen LogP contribution in [0.15, 0.2) is 12.1 Å². The molecule has 0 spiro atoms. The molecule has 0 atom stereocenters. The molecule has 20 heavy (non-hydrogen) atoms. The number of fused-ring (bicyclic) bond motifs is 1. The molecule has 0 radical (unpaired) electrons. The fourth-order valence-corrected chi connectivity index (χ4v) is 2.16. The van der Waals surface area contributed by atoms with E-state index in [4.69, 9.17) is 10.5 Å². The van der Waals surface area contributed by atoms with Crippen LogP contribution < -0.4 is 5.73 Å². The van der Waals surface area contributed by atoms with Crippen molar-refractivity contribution in [2.45, 2.75) is 26.3 Å². The number of imidazole rings is 1. The van der Waals surface area contributed by atoms with Gasteiger partial charge in [0, 0.05) is 31.1 Å². The molecule has 0 aliphatic rings. The molecule has 0 aliphatic heterocycles. The SMILES string of the molecule is CC(C)c1nc2cc(F)c(F)cc2n1CCOCCN. The van der Waals surface area contributed by atoms with E-state index in [2.05, 4.69) is 4.98 Å². The van der Waals surface area contributed by atoms with Gasteiger partial charge in [-0.2, -0.15) is 0 Å². The molecule has 2 N–H and O–H groups in total. The van der Waals surface area contributed by atoms with E-state index in [9.17, 15) is 8.78 Å². The summed E-state index contributed by atoms with van der Waals surface area (Å²) in [6.07, 6.45) is 0. The van der Waals surface area contributed by atoms with Gasteiger partial charge in [-0.25, -0.2) is 13.8 Å². The molecule has 2 aromatic rings. The largest absolute Gasteiger partial charge is 0.378 e. The van der Waals surface area contributed by atoms with Gasteiger partial charge in [0.1, 0.15) is 5.82 Å². The fourth-order valence-electron chi connectivity index (χ4n) is 2.16. The normalized spacial score (nSPS) is 11.7. The van der Waals surface area contributed by atoms with Crippen LogP contribution in [-0.2, 0) is 11.3 Å². The number of hydrogen-bond acceptors (Lipinski definition) is 3. The number of aromatic nitrogens is 2. The Kier molecular flexibility index (Phi) is 4.67. The van der Waals surface area contributed by atoms with Gasteiger partial charge in [-0.15, -0.1) is 0 Å². The first kappa shape index (κ1) is 14.9. The Hall–Kier alpha value is -1.53. The average molecular weight is 283 g/mol. The molecule has 1 aromatic carbocycles. The third-order valence-corrected chi connectivity index (χ3v) is 3.06. The third kappa shape index (κ3) is 2.96. The molecule has 0 unspecified atom stereocenters. The molecule has 4 nitrogen and oxygen atoms in total. The summed E-state index contributed by atoms with van der Waals surface area (Å²) in [4.78, 5) is 4.39. The Morgan fingerprint density at radius 1 is 1.25 bits per heavy atom. The summed E-state index contributed by atoms with van der Waals surface area (Å²) in [5.74, 6) is -0.793. The molecule has 1 aromatic heterocycles. The standard InChI is InChI=1S/C14H19F2N3O/c1-9(2)14-18-12-7-10(15)11(16)8-13(12)19(14)4-6-20-5-3-17/h7-9H,3-6,17H2,1-2H3. The van der Waals surface area contributed by atoms with Gasteiger partial charge in [0.25, 0.3) is 0 Å². The van der Waals surface area contributed by atoms with E-state index in [0.717, 1.165) is 11.9 Å². The van der Waals surface area contributed by atoms with Crippen molar-refractivity contribution in [1.82, 2.24) is 9.55 Å². The molecule has 0 bridgehead atoms. The molecule has 2 rings (SSSR count). The van der Waals surface area contributed by atoms with Crippen LogP contribution in [0, 0.1) is 11.6 Å². The minimum Gasteiger partial charge on any atom is -0.378 e. The zero-order valence-electron chi connectivity index (χ0n) is 11.7. The smallest absolute Gasteiger partial charge is 0.161 e. The Morgan fingerprint density at radius 2 is 1.95 bits per heavy atom. The second kappa shape index (κ2) is 6.28. The van der Waals surface area contributed by atoms with E-state index < -0.39 is 11.6 Å². The quantitative estimate of drug-likeness (QED) is 0.828. The number of nitrogens with two attached hydrogens (primary N) is 1. The summed E-state index contributed by atoms with van der Waals surface area (Å²) in [5, 5.41) is 0. The van der Waals surface area contributed by atoms with E-state index >= 15 is 0 Å². The molecule has 0 fully saturated rings. The van der Waals surface area contributed by atoms with E-state index in [-0.39, 0.29) is 5.92 Å². The summed E-state index contributed by atoms with van der Waals surface area (Å²) in [7, 11) is 0. The van der Waals surface area contributed by atoms with Crippen LogP contribution in [0.5, 0.6) is 0 Å². The second-order valence-electron chi connectivity index (χ2n) is 4.93. The molecular weight excluding hydrogens is 264 g/mol. The molecule has 0 saturated heterocycles. The first-order valence-corrected chi connectivity index (χ1v) is 6.67. The van der Waals surface area contributed by atoms with Crippen molar-refractivity contribution in [1.29, 1.82) is 0 Å². The Balaban J connectivity index is 2.37. The van der Waals surface area contributed by atoms with E-state index in [1.807, 2.05) is 18.4 Å². The lowest BCUT2D eigenvalue weighted by atomic mass is 10.2. The molecule has 1 heterocycles. The Bertz CT molecular complexity index is 596. The number of nitrogens with zero attached hydrogens (tertiary/aromatic N) is 2. The van der Waals surface area contributed by atoms with Crippen molar-refractivity contribution in [3.63, 3.8) is 0 Å². The Morgan fingerprint density at radius 3 is 2.60 bits per heavy atom. The van der Waals surface area contributed by atoms with Crippen LogP contribution in [0.25, 0.3) is 11.0 Å². The number of halogens is 2. The van der Waals surface area contributed by atoms with Crippen molar-refractivity contribution >= 4 is 11.0 Å². The highest BCUT2D eigenvalue weighted by molar-refractivity contribution is 5.76. The van der Waals surface area contributed by atoms with Crippen molar-refractivity contribution in [2.24, 2.45) is 5.73 Å². The van der Waals surface area contributed by atoms with E-state index in [0.29, 0.717) is 37.3 Å². The fraction of sp³-hybridized carbons (Fsp3) is 0.500. The number of ether oxygens (including phenoxy) is 1. The summed E-state index contributed by atoms with van der Waals surface area (Å²) >= 11 is 0. The first-order valence-electron chi connectivity index (χ1n) is 6.67. The number of hydrogen-bond donors (Lipinski definition) is 1. The molecule has 0 saturated carbocycles. The molecule has 110 valence electrons. The lowest BCUT2D eigenvalue weighted by Crippen LogP contribution is -2.14. The van der Waals surface area contributed by atoms with E-state index in [1.165, 1.54) is 6.07 Å². The maximum absolute atomic E-state index is 13.4. The predicted molar refractivity (Wildman–Crippen MR) is 73.6 cm³/mol. The number of rotatable bonds is 6. The second-order valence-corrected chi connectivity index (χ2v) is 4.93. The molecular formula is C14H19F2N3O. The average Bonchev–Trinajstić information content (AvgIpc) is 2.74. The summed E-state index contributed by atoms with van der Waals surface area (Å²) in [6.45, 7) is 5.92. The van der Waals surface area contributed by atoms with Gasteiger partial charge >= 0.3 is 0 Å². The highest BCUT2D eigenvalue weighted by Gasteiger charge is 2.16. The van der Waals surface area contributed by atoms with E-state index in [1.54, 1.807) is 0 Å². The zero-order valence-corrected chi connectivity index (χ0v) is 11.7. The molecule has 6 heteroatoms. The van der Waals surface area contributed by atoms with Gasteiger partial charge in [-0.3, -0.25) is 0 Å². The monoisotopic (exact) mass is 283 g/mol. The lowest BCUT2D eigenvalue weighted by Gasteiger charge is -2.11. The van der Waals surface area contributed by atoms with Gasteiger partial charge < -0.3 is 15.0 Å². The molecule has 0 amide bonds. The van der Waals surface area contributed by atoms with Crippen LogP contribution in [0.1, 0.15) is 25.6 Å². The van der Waals surface area contributed by atoms with Crippen molar-refractivity contribution in [2.75, 3.05) is 19.8 Å². The highest BCUT2D eigenvalue weighted by atomic mass is 19.2. The minimum atomic E-state index is -0.878. The van der Waals surface area contributed by atoms with Gasteiger partial charge in [-0.1, -0.05) is 13.8 Å². The summed E-state index contributed by atoms with van der Waals surface area (Å²) < 4.78 is 33.9. The topological polar surface area (TPSA) is 53.1 Å². The van der Waals surface area contributed by atoms with Crippen LogP contribution in [0.4, 0.5) is 8.78 Å². The first-order chi connectivity index (χ1) is 9.54. The van der Waals surface area contributed by atoms with Crippen molar-refractivity contribution < 1.29 is 13.5 Å². The third-order valence-electron chi connectivity index (χ3n) is 3.06.